The molecule has 2 aromatic rings. The fraction of sp³-hybridized carbons (Fsp3) is 0.214. The Balaban J connectivity index is 2.51. The number of anilines is 1. The van der Waals surface area contributed by atoms with E-state index < -0.39 is 25.0 Å². The van der Waals surface area contributed by atoms with Crippen LogP contribution in [0.4, 0.5) is 5.82 Å². The van der Waals surface area contributed by atoms with Gasteiger partial charge in [-0.1, -0.05) is 0 Å². The minimum Gasteiger partial charge on any atom is -0.497 e. The van der Waals surface area contributed by atoms with E-state index in [2.05, 4.69) is 4.98 Å². The lowest BCUT2D eigenvalue weighted by Gasteiger charge is -2.21. The highest BCUT2D eigenvalue weighted by Gasteiger charge is 2.17. The van der Waals surface area contributed by atoms with Crippen LogP contribution in [-0.4, -0.2) is 47.3 Å². The van der Waals surface area contributed by atoms with Crippen molar-refractivity contribution in [3.8, 4) is 5.75 Å². The SMILES string of the molecule is COc1ccc2c(N(CC(=O)O)CC(=O)O)nccc2c1. The van der Waals surface area contributed by atoms with Crippen LogP contribution in [0.2, 0.25) is 0 Å². The normalized spacial score (nSPS) is 10.3. The molecule has 1 aromatic carbocycles. The van der Waals surface area contributed by atoms with E-state index >= 15 is 0 Å². The molecule has 21 heavy (non-hydrogen) atoms. The number of carboxylic acids is 2. The van der Waals surface area contributed by atoms with Crippen molar-refractivity contribution in [3.63, 3.8) is 0 Å². The highest BCUT2D eigenvalue weighted by Crippen LogP contribution is 2.27. The van der Waals surface area contributed by atoms with Gasteiger partial charge in [0.1, 0.15) is 24.7 Å². The molecule has 0 saturated heterocycles. The third-order valence-electron chi connectivity index (χ3n) is 2.90. The Morgan fingerprint density at radius 2 is 1.86 bits per heavy atom. The van der Waals surface area contributed by atoms with Gasteiger partial charge in [-0.3, -0.25) is 9.59 Å². The number of carbonyl (C=O) groups is 2. The lowest BCUT2D eigenvalue weighted by atomic mass is 10.1. The summed E-state index contributed by atoms with van der Waals surface area (Å²) in [5, 5.41) is 19.3. The van der Waals surface area contributed by atoms with Crippen molar-refractivity contribution in [2.45, 2.75) is 0 Å². The van der Waals surface area contributed by atoms with E-state index in [9.17, 15) is 9.59 Å². The van der Waals surface area contributed by atoms with Crippen LogP contribution in [0.3, 0.4) is 0 Å². The number of ether oxygens (including phenoxy) is 1. The second kappa shape index (κ2) is 6.08. The summed E-state index contributed by atoms with van der Waals surface area (Å²) in [4.78, 5) is 27.2. The Bertz CT molecular complexity index is 670. The van der Waals surface area contributed by atoms with Crippen molar-refractivity contribution in [1.82, 2.24) is 4.98 Å². The van der Waals surface area contributed by atoms with Crippen LogP contribution >= 0.6 is 0 Å². The van der Waals surface area contributed by atoms with Crippen molar-refractivity contribution in [2.75, 3.05) is 25.1 Å². The summed E-state index contributed by atoms with van der Waals surface area (Å²) in [6.07, 6.45) is 1.51. The van der Waals surface area contributed by atoms with E-state index in [1.165, 1.54) is 11.1 Å². The van der Waals surface area contributed by atoms with Crippen LogP contribution in [0.15, 0.2) is 30.5 Å². The molecule has 0 spiro atoms. The van der Waals surface area contributed by atoms with Crippen LogP contribution in [0.5, 0.6) is 5.75 Å². The number of aliphatic carboxylic acids is 2. The van der Waals surface area contributed by atoms with Crippen molar-refractivity contribution in [2.24, 2.45) is 0 Å². The second-order valence-electron chi connectivity index (χ2n) is 4.37. The highest BCUT2D eigenvalue weighted by molar-refractivity contribution is 5.95. The second-order valence-corrected chi connectivity index (χ2v) is 4.37. The minimum atomic E-state index is -1.12. The molecule has 0 aliphatic carbocycles. The molecule has 1 heterocycles. The molecule has 0 amide bonds. The van der Waals surface area contributed by atoms with Crippen LogP contribution in [0, 0.1) is 0 Å². The van der Waals surface area contributed by atoms with Crippen molar-refractivity contribution in [1.29, 1.82) is 0 Å². The maximum Gasteiger partial charge on any atom is 0.323 e. The van der Waals surface area contributed by atoms with Gasteiger partial charge in [0, 0.05) is 11.6 Å². The van der Waals surface area contributed by atoms with Gasteiger partial charge in [0.2, 0.25) is 0 Å². The number of hydrogen-bond acceptors (Lipinski definition) is 5. The molecule has 1 aromatic heterocycles. The molecular weight excluding hydrogens is 276 g/mol. The number of aromatic nitrogens is 1. The number of fused-ring (bicyclic) bond motifs is 1. The Kier molecular flexibility index (Phi) is 4.22. The number of pyridine rings is 1. The van der Waals surface area contributed by atoms with Crippen LogP contribution in [0.1, 0.15) is 0 Å². The largest absolute Gasteiger partial charge is 0.497 e. The zero-order valence-electron chi connectivity index (χ0n) is 11.3. The molecule has 0 atom stereocenters. The lowest BCUT2D eigenvalue weighted by Crippen LogP contribution is -2.35. The van der Waals surface area contributed by atoms with Crippen molar-refractivity contribution < 1.29 is 24.5 Å². The predicted molar refractivity (Wildman–Crippen MR) is 75.8 cm³/mol. The van der Waals surface area contributed by atoms with E-state index in [1.807, 2.05) is 0 Å². The molecule has 110 valence electrons. The molecule has 7 nitrogen and oxygen atoms in total. The lowest BCUT2D eigenvalue weighted by molar-refractivity contribution is -0.136. The average molecular weight is 290 g/mol. The molecule has 7 heteroatoms. The summed E-state index contributed by atoms with van der Waals surface area (Å²) in [6, 6.07) is 6.97. The fourth-order valence-electron chi connectivity index (χ4n) is 2.05. The van der Waals surface area contributed by atoms with Gasteiger partial charge in [-0.25, -0.2) is 4.98 Å². The molecule has 2 N–H and O–H groups in total. The maximum absolute atomic E-state index is 10.9. The fourth-order valence-corrected chi connectivity index (χ4v) is 2.05. The quantitative estimate of drug-likeness (QED) is 0.825. The zero-order chi connectivity index (χ0) is 15.4. The molecule has 0 aliphatic rings. The summed E-state index contributed by atoms with van der Waals surface area (Å²) in [5.41, 5.74) is 0. The third-order valence-corrected chi connectivity index (χ3v) is 2.90. The van der Waals surface area contributed by atoms with Gasteiger partial charge in [-0.2, -0.15) is 0 Å². The number of methoxy groups -OCH3 is 1. The summed E-state index contributed by atoms with van der Waals surface area (Å²) in [6.45, 7) is -0.880. The smallest absolute Gasteiger partial charge is 0.323 e. The Hall–Kier alpha value is -2.83. The standard InChI is InChI=1S/C14H14N2O5/c1-21-10-2-3-11-9(6-10)4-5-15-14(11)16(7-12(17)18)8-13(19)20/h2-6H,7-8H2,1H3,(H,17,18)(H,19,20). The van der Waals surface area contributed by atoms with Gasteiger partial charge in [-0.15, -0.1) is 0 Å². The monoisotopic (exact) mass is 290 g/mol. The Morgan fingerprint density at radius 1 is 1.19 bits per heavy atom. The first-order valence-electron chi connectivity index (χ1n) is 6.12. The topological polar surface area (TPSA) is 100.0 Å². The average Bonchev–Trinajstić information content (AvgIpc) is 2.44. The Morgan fingerprint density at radius 3 is 2.43 bits per heavy atom. The molecule has 2 rings (SSSR count). The van der Waals surface area contributed by atoms with Gasteiger partial charge in [-0.05, 0) is 29.7 Å². The third kappa shape index (κ3) is 3.38. The molecule has 0 radical (unpaired) electrons. The molecular formula is C14H14N2O5. The summed E-state index contributed by atoms with van der Waals surface area (Å²) < 4.78 is 5.13. The van der Waals surface area contributed by atoms with Crippen molar-refractivity contribution >= 4 is 28.5 Å². The minimum absolute atomic E-state index is 0.319. The number of rotatable bonds is 6. The van der Waals surface area contributed by atoms with E-state index in [1.54, 1.807) is 31.4 Å². The van der Waals surface area contributed by atoms with Gasteiger partial charge >= 0.3 is 11.9 Å². The first-order chi connectivity index (χ1) is 10.0. The van der Waals surface area contributed by atoms with E-state index in [0.29, 0.717) is 17.0 Å². The van der Waals surface area contributed by atoms with Crippen LogP contribution in [-0.2, 0) is 9.59 Å². The molecule has 0 aliphatic heterocycles. The zero-order valence-corrected chi connectivity index (χ0v) is 11.3. The van der Waals surface area contributed by atoms with Crippen molar-refractivity contribution in [3.05, 3.63) is 30.5 Å². The first kappa shape index (κ1) is 14.6. The summed E-state index contributed by atoms with van der Waals surface area (Å²) in [7, 11) is 1.55. The van der Waals surface area contributed by atoms with Gasteiger partial charge in [0.25, 0.3) is 0 Å². The van der Waals surface area contributed by atoms with Crippen LogP contribution < -0.4 is 9.64 Å². The molecule has 0 saturated carbocycles. The molecule has 0 bridgehead atoms. The number of hydrogen-bond donors (Lipinski definition) is 2. The van der Waals surface area contributed by atoms with E-state index in [0.717, 1.165) is 5.39 Å². The Labute approximate surface area is 120 Å². The first-order valence-corrected chi connectivity index (χ1v) is 6.12. The maximum atomic E-state index is 10.9. The van der Waals surface area contributed by atoms with E-state index in [-0.39, 0.29) is 0 Å². The number of nitrogens with zero attached hydrogens (tertiary/aromatic N) is 2. The highest BCUT2D eigenvalue weighted by atomic mass is 16.5. The predicted octanol–water partition coefficient (Wildman–Crippen LogP) is 1.22. The van der Waals surface area contributed by atoms with Gasteiger partial charge in [0.15, 0.2) is 0 Å². The number of carboxylic acid groups (broad SMARTS) is 2. The van der Waals surface area contributed by atoms with Gasteiger partial charge in [0.05, 0.1) is 7.11 Å². The summed E-state index contributed by atoms with van der Waals surface area (Å²) >= 11 is 0. The molecule has 0 unspecified atom stereocenters. The summed E-state index contributed by atoms with van der Waals surface area (Å²) in [5.74, 6) is -1.27. The van der Waals surface area contributed by atoms with Gasteiger partial charge < -0.3 is 19.8 Å². The van der Waals surface area contributed by atoms with Crippen LogP contribution in [0.25, 0.3) is 10.8 Å². The molecule has 0 fully saturated rings. The van der Waals surface area contributed by atoms with E-state index in [4.69, 9.17) is 14.9 Å². The number of benzene rings is 1.